The maximum absolute atomic E-state index is 12.1. The van der Waals surface area contributed by atoms with Crippen molar-refractivity contribution in [2.24, 2.45) is 0 Å². The molecule has 3 rings (SSSR count). The summed E-state index contributed by atoms with van der Waals surface area (Å²) in [6.07, 6.45) is 0. The van der Waals surface area contributed by atoms with E-state index < -0.39 is 5.97 Å². The Kier molecular flexibility index (Phi) is 6.65. The minimum Gasteiger partial charge on any atom is -0.490 e. The van der Waals surface area contributed by atoms with Crippen molar-refractivity contribution in [2.75, 3.05) is 13.2 Å². The third kappa shape index (κ3) is 4.51. The molecule has 0 atom stereocenters. The average molecular weight is 446 g/mol. The molecule has 146 valence electrons. The zero-order valence-electron chi connectivity index (χ0n) is 15.6. The Hall–Kier alpha value is -2.87. The highest BCUT2D eigenvalue weighted by Gasteiger charge is 2.22. The molecule has 3 aromatic rings. The topological polar surface area (TPSA) is 86.3 Å². The second-order valence-electron chi connectivity index (χ2n) is 5.73. The van der Waals surface area contributed by atoms with Crippen molar-refractivity contribution >= 4 is 21.9 Å². The molecule has 2 aromatic carbocycles. The molecule has 0 fully saturated rings. The number of nitrogens with one attached hydrogen (secondary N) is 1. The second kappa shape index (κ2) is 9.36. The van der Waals surface area contributed by atoms with Crippen molar-refractivity contribution in [3.63, 3.8) is 0 Å². The Morgan fingerprint density at radius 1 is 1.04 bits per heavy atom. The van der Waals surface area contributed by atoms with Crippen molar-refractivity contribution in [1.82, 2.24) is 15.4 Å². The molecule has 0 aliphatic rings. The molecule has 0 radical (unpaired) electrons. The van der Waals surface area contributed by atoms with Gasteiger partial charge in [-0.05, 0) is 47.5 Å². The van der Waals surface area contributed by atoms with E-state index in [4.69, 9.17) is 14.2 Å². The van der Waals surface area contributed by atoms with Crippen LogP contribution < -0.4 is 9.47 Å². The highest BCUT2D eigenvalue weighted by atomic mass is 79.9. The summed E-state index contributed by atoms with van der Waals surface area (Å²) in [6, 6.07) is 13.4. The Labute approximate surface area is 171 Å². The van der Waals surface area contributed by atoms with Crippen LogP contribution in [0.4, 0.5) is 0 Å². The van der Waals surface area contributed by atoms with Gasteiger partial charge < -0.3 is 14.2 Å². The lowest BCUT2D eigenvalue weighted by molar-refractivity contribution is 0.0520. The highest BCUT2D eigenvalue weighted by Crippen LogP contribution is 2.39. The SMILES string of the molecule is CCOC(=O)c1n[nH]nc1-c1cc(OCC)c(OCc2ccccc2)cc1Br. The van der Waals surface area contributed by atoms with Crippen molar-refractivity contribution in [1.29, 1.82) is 0 Å². The molecule has 0 bridgehead atoms. The first kappa shape index (κ1) is 19.9. The lowest BCUT2D eigenvalue weighted by Crippen LogP contribution is -2.07. The van der Waals surface area contributed by atoms with E-state index in [0.29, 0.717) is 40.4 Å². The van der Waals surface area contributed by atoms with E-state index in [2.05, 4.69) is 31.3 Å². The minimum absolute atomic E-state index is 0.114. The van der Waals surface area contributed by atoms with Gasteiger partial charge in [-0.2, -0.15) is 10.3 Å². The molecule has 1 heterocycles. The fourth-order valence-corrected chi connectivity index (χ4v) is 3.10. The van der Waals surface area contributed by atoms with Gasteiger partial charge in [-0.3, -0.25) is 0 Å². The van der Waals surface area contributed by atoms with Gasteiger partial charge in [0.1, 0.15) is 12.3 Å². The quantitative estimate of drug-likeness (QED) is 0.517. The van der Waals surface area contributed by atoms with E-state index in [1.165, 1.54) is 0 Å². The fourth-order valence-electron chi connectivity index (χ4n) is 2.59. The van der Waals surface area contributed by atoms with Crippen LogP contribution in [0.2, 0.25) is 0 Å². The van der Waals surface area contributed by atoms with Crippen molar-refractivity contribution in [2.45, 2.75) is 20.5 Å². The number of nitrogens with zero attached hydrogens (tertiary/aromatic N) is 2. The summed E-state index contributed by atoms with van der Waals surface area (Å²) in [7, 11) is 0. The van der Waals surface area contributed by atoms with Gasteiger partial charge in [0.05, 0.1) is 13.2 Å². The second-order valence-corrected chi connectivity index (χ2v) is 6.58. The van der Waals surface area contributed by atoms with E-state index in [1.807, 2.05) is 37.3 Å². The number of H-pyrrole nitrogens is 1. The predicted octanol–water partition coefficient (Wildman–Crippen LogP) is 4.39. The van der Waals surface area contributed by atoms with Crippen LogP contribution in [0.15, 0.2) is 46.9 Å². The molecule has 1 aromatic heterocycles. The molecular weight excluding hydrogens is 426 g/mol. The summed E-state index contributed by atoms with van der Waals surface area (Å²) in [4.78, 5) is 12.1. The number of carbonyl (C=O) groups excluding carboxylic acids is 1. The largest absolute Gasteiger partial charge is 0.490 e. The number of aromatic nitrogens is 3. The zero-order valence-corrected chi connectivity index (χ0v) is 17.2. The normalized spacial score (nSPS) is 10.5. The molecule has 0 saturated heterocycles. The number of aromatic amines is 1. The van der Waals surface area contributed by atoms with Gasteiger partial charge in [0.15, 0.2) is 17.2 Å². The lowest BCUT2D eigenvalue weighted by Gasteiger charge is -2.15. The maximum Gasteiger partial charge on any atom is 0.361 e. The molecule has 0 aliphatic carbocycles. The first-order valence-electron chi connectivity index (χ1n) is 8.85. The number of carbonyl (C=O) groups is 1. The molecule has 8 heteroatoms. The summed E-state index contributed by atoms with van der Waals surface area (Å²) in [5, 5.41) is 10.5. The molecule has 0 spiro atoms. The number of halogens is 1. The fraction of sp³-hybridized carbons (Fsp3) is 0.250. The van der Waals surface area contributed by atoms with Crippen LogP contribution in [0.25, 0.3) is 11.3 Å². The lowest BCUT2D eigenvalue weighted by atomic mass is 10.1. The van der Waals surface area contributed by atoms with Crippen LogP contribution in [-0.2, 0) is 11.3 Å². The third-order valence-corrected chi connectivity index (χ3v) is 4.50. The first-order chi connectivity index (χ1) is 13.6. The Balaban J connectivity index is 1.93. The number of rotatable bonds is 8. The van der Waals surface area contributed by atoms with Crippen LogP contribution in [-0.4, -0.2) is 34.6 Å². The summed E-state index contributed by atoms with van der Waals surface area (Å²) in [5.74, 6) is 0.595. The molecule has 0 unspecified atom stereocenters. The number of hydrogen-bond donors (Lipinski definition) is 1. The number of hydrogen-bond acceptors (Lipinski definition) is 6. The molecule has 0 amide bonds. The third-order valence-electron chi connectivity index (χ3n) is 3.84. The van der Waals surface area contributed by atoms with E-state index in [-0.39, 0.29) is 12.3 Å². The minimum atomic E-state index is -0.541. The van der Waals surface area contributed by atoms with Crippen LogP contribution >= 0.6 is 15.9 Å². The Morgan fingerprint density at radius 3 is 2.50 bits per heavy atom. The van der Waals surface area contributed by atoms with Crippen LogP contribution in [0.3, 0.4) is 0 Å². The summed E-state index contributed by atoms with van der Waals surface area (Å²) < 4.78 is 17.4. The maximum atomic E-state index is 12.1. The Bertz CT molecular complexity index is 944. The number of benzene rings is 2. The smallest absolute Gasteiger partial charge is 0.361 e. The van der Waals surface area contributed by atoms with E-state index in [9.17, 15) is 4.79 Å². The van der Waals surface area contributed by atoms with Crippen molar-refractivity contribution < 1.29 is 19.0 Å². The van der Waals surface area contributed by atoms with Crippen LogP contribution in [0.5, 0.6) is 11.5 Å². The van der Waals surface area contributed by atoms with Crippen molar-refractivity contribution in [3.8, 4) is 22.8 Å². The van der Waals surface area contributed by atoms with Gasteiger partial charge in [0.25, 0.3) is 0 Å². The molecule has 28 heavy (non-hydrogen) atoms. The van der Waals surface area contributed by atoms with Gasteiger partial charge in [-0.15, -0.1) is 5.10 Å². The number of ether oxygens (including phenoxy) is 3. The molecule has 0 saturated carbocycles. The monoisotopic (exact) mass is 445 g/mol. The van der Waals surface area contributed by atoms with Crippen molar-refractivity contribution in [3.05, 3.63) is 58.2 Å². The standard InChI is InChI=1S/C20H20BrN3O4/c1-3-26-16-10-14(18-19(23-24-22-18)20(25)27-4-2)15(21)11-17(16)28-12-13-8-6-5-7-9-13/h5-11H,3-4,12H2,1-2H3,(H,22,23,24). The Morgan fingerprint density at radius 2 is 1.79 bits per heavy atom. The average Bonchev–Trinajstić information content (AvgIpc) is 3.18. The van der Waals surface area contributed by atoms with Gasteiger partial charge in [-0.1, -0.05) is 30.3 Å². The predicted molar refractivity (Wildman–Crippen MR) is 107 cm³/mol. The first-order valence-corrected chi connectivity index (χ1v) is 9.64. The van der Waals surface area contributed by atoms with Gasteiger partial charge >= 0.3 is 5.97 Å². The molecule has 1 N–H and O–H groups in total. The van der Waals surface area contributed by atoms with Gasteiger partial charge in [0.2, 0.25) is 0 Å². The summed E-state index contributed by atoms with van der Waals surface area (Å²) in [6.45, 7) is 4.75. The van der Waals surface area contributed by atoms with E-state index in [1.54, 1.807) is 19.1 Å². The van der Waals surface area contributed by atoms with Crippen LogP contribution in [0, 0.1) is 0 Å². The van der Waals surface area contributed by atoms with E-state index in [0.717, 1.165) is 5.56 Å². The van der Waals surface area contributed by atoms with Gasteiger partial charge in [-0.25, -0.2) is 4.79 Å². The summed E-state index contributed by atoms with van der Waals surface area (Å²) >= 11 is 3.53. The molecule has 7 nitrogen and oxygen atoms in total. The molecular formula is C20H20BrN3O4. The van der Waals surface area contributed by atoms with Crippen LogP contribution in [0.1, 0.15) is 29.9 Å². The van der Waals surface area contributed by atoms with Gasteiger partial charge in [0, 0.05) is 10.0 Å². The zero-order chi connectivity index (χ0) is 19.9. The number of esters is 1. The van der Waals surface area contributed by atoms with E-state index >= 15 is 0 Å². The highest BCUT2D eigenvalue weighted by molar-refractivity contribution is 9.10. The summed E-state index contributed by atoms with van der Waals surface area (Å²) in [5.41, 5.74) is 2.18. The molecule has 0 aliphatic heterocycles.